The minimum atomic E-state index is -0.987. The van der Waals surface area contributed by atoms with E-state index in [1.807, 2.05) is 0 Å². The number of carbonyl (C=O) groups excluding carboxylic acids is 1. The molecule has 2 rings (SSSR count). The predicted molar refractivity (Wildman–Crippen MR) is 69.2 cm³/mol. The molecule has 1 heterocycles. The lowest BCUT2D eigenvalue weighted by Crippen LogP contribution is -2.41. The Morgan fingerprint density at radius 2 is 2.00 bits per heavy atom. The number of nitrogens with zero attached hydrogens (tertiary/aromatic N) is 2. The number of amides is 1. The molecular weight excluding hydrogens is 264 g/mol. The average molecular weight is 278 g/mol. The molecule has 1 aromatic carbocycles. The highest BCUT2D eigenvalue weighted by atomic mass is 16.6. The van der Waals surface area contributed by atoms with Crippen LogP contribution >= 0.6 is 0 Å². The van der Waals surface area contributed by atoms with Gasteiger partial charge in [-0.1, -0.05) is 12.1 Å². The first kappa shape index (κ1) is 14.0. The molecule has 0 bridgehead atoms. The fourth-order valence-electron chi connectivity index (χ4n) is 2.33. The molecule has 7 heteroatoms. The zero-order chi connectivity index (χ0) is 14.7. The summed E-state index contributed by atoms with van der Waals surface area (Å²) in [4.78, 5) is 34.5. The number of rotatable bonds is 4. The van der Waals surface area contributed by atoms with Crippen molar-refractivity contribution in [2.45, 2.75) is 25.3 Å². The molecule has 0 spiro atoms. The third-order valence-corrected chi connectivity index (χ3v) is 3.36. The van der Waals surface area contributed by atoms with Crippen LogP contribution in [0.3, 0.4) is 0 Å². The van der Waals surface area contributed by atoms with Crippen LogP contribution in [0.2, 0.25) is 0 Å². The van der Waals surface area contributed by atoms with Crippen molar-refractivity contribution in [3.05, 3.63) is 39.9 Å². The average Bonchev–Trinajstić information content (AvgIpc) is 2.88. The van der Waals surface area contributed by atoms with E-state index in [1.165, 1.54) is 29.2 Å². The van der Waals surface area contributed by atoms with Crippen LogP contribution in [0.1, 0.15) is 18.4 Å². The van der Waals surface area contributed by atoms with Crippen LogP contribution in [-0.2, 0) is 16.0 Å². The van der Waals surface area contributed by atoms with Gasteiger partial charge in [0.2, 0.25) is 5.91 Å². The smallest absolute Gasteiger partial charge is 0.326 e. The maximum atomic E-state index is 12.1. The molecule has 1 aliphatic rings. The number of nitro groups is 1. The standard InChI is InChI=1S/C13H14N2O5/c16-12(14-7-1-2-11(14)13(17)18)8-9-3-5-10(6-4-9)15(19)20/h3-6,11H,1-2,7-8H2,(H,17,18)/t11-/m1/s1. The zero-order valence-electron chi connectivity index (χ0n) is 10.7. The Hall–Kier alpha value is -2.44. The van der Waals surface area contributed by atoms with Gasteiger partial charge in [-0.15, -0.1) is 0 Å². The Balaban J connectivity index is 2.04. The second-order valence-corrected chi connectivity index (χ2v) is 4.68. The lowest BCUT2D eigenvalue weighted by Gasteiger charge is -2.21. The zero-order valence-corrected chi connectivity index (χ0v) is 10.7. The van der Waals surface area contributed by atoms with Gasteiger partial charge in [0.05, 0.1) is 11.3 Å². The summed E-state index contributed by atoms with van der Waals surface area (Å²) in [6.45, 7) is 0.447. The summed E-state index contributed by atoms with van der Waals surface area (Å²) < 4.78 is 0. The number of hydrogen-bond acceptors (Lipinski definition) is 4. The van der Waals surface area contributed by atoms with Crippen LogP contribution in [0.4, 0.5) is 5.69 Å². The predicted octanol–water partition coefficient (Wildman–Crippen LogP) is 1.21. The molecular formula is C13H14N2O5. The molecule has 0 aliphatic carbocycles. The van der Waals surface area contributed by atoms with Crippen molar-refractivity contribution < 1.29 is 19.6 Å². The van der Waals surface area contributed by atoms with E-state index in [1.54, 1.807) is 0 Å². The number of hydrogen-bond donors (Lipinski definition) is 1. The van der Waals surface area contributed by atoms with Gasteiger partial charge in [0, 0.05) is 18.7 Å². The molecule has 20 heavy (non-hydrogen) atoms. The number of likely N-dealkylation sites (tertiary alicyclic amines) is 1. The van der Waals surface area contributed by atoms with Gasteiger partial charge in [-0.2, -0.15) is 0 Å². The number of carbonyl (C=O) groups is 2. The second-order valence-electron chi connectivity index (χ2n) is 4.68. The van der Waals surface area contributed by atoms with E-state index in [0.29, 0.717) is 24.9 Å². The van der Waals surface area contributed by atoms with Crippen molar-refractivity contribution in [1.29, 1.82) is 0 Å². The van der Waals surface area contributed by atoms with Gasteiger partial charge < -0.3 is 10.0 Å². The van der Waals surface area contributed by atoms with E-state index < -0.39 is 16.9 Å². The first-order valence-corrected chi connectivity index (χ1v) is 6.24. The maximum Gasteiger partial charge on any atom is 0.326 e. The SMILES string of the molecule is O=C(O)[C@H]1CCCN1C(=O)Cc1ccc([N+](=O)[O-])cc1. The highest BCUT2D eigenvalue weighted by Crippen LogP contribution is 2.19. The summed E-state index contributed by atoms with van der Waals surface area (Å²) in [6.07, 6.45) is 1.21. The summed E-state index contributed by atoms with van der Waals surface area (Å²) in [6, 6.07) is 4.95. The molecule has 1 atom stereocenters. The second kappa shape index (κ2) is 5.68. The molecule has 1 fully saturated rings. The molecule has 1 aliphatic heterocycles. The van der Waals surface area contributed by atoms with Crippen LogP contribution in [0.25, 0.3) is 0 Å². The summed E-state index contributed by atoms with van der Waals surface area (Å²) in [5.74, 6) is -1.25. The fourth-order valence-corrected chi connectivity index (χ4v) is 2.33. The molecule has 1 aromatic rings. The van der Waals surface area contributed by atoms with Gasteiger partial charge >= 0.3 is 5.97 Å². The maximum absolute atomic E-state index is 12.1. The van der Waals surface area contributed by atoms with Crippen LogP contribution in [0.5, 0.6) is 0 Å². The summed E-state index contributed by atoms with van der Waals surface area (Å²) in [7, 11) is 0. The lowest BCUT2D eigenvalue weighted by molar-refractivity contribution is -0.384. The molecule has 1 saturated heterocycles. The van der Waals surface area contributed by atoms with Crippen LogP contribution in [0, 0.1) is 10.1 Å². The van der Waals surface area contributed by atoms with Gasteiger partial charge in [0.1, 0.15) is 6.04 Å². The number of benzene rings is 1. The Kier molecular flexibility index (Phi) is 3.97. The Labute approximate surface area is 115 Å². The number of nitro benzene ring substituents is 1. The van der Waals surface area contributed by atoms with Crippen molar-refractivity contribution in [2.24, 2.45) is 0 Å². The van der Waals surface area contributed by atoms with E-state index in [9.17, 15) is 19.7 Å². The van der Waals surface area contributed by atoms with E-state index in [4.69, 9.17) is 5.11 Å². The normalized spacial score (nSPS) is 18.0. The highest BCUT2D eigenvalue weighted by molar-refractivity contribution is 5.85. The minimum Gasteiger partial charge on any atom is -0.480 e. The monoisotopic (exact) mass is 278 g/mol. The summed E-state index contributed by atoms with van der Waals surface area (Å²) >= 11 is 0. The Morgan fingerprint density at radius 3 is 2.55 bits per heavy atom. The first-order valence-electron chi connectivity index (χ1n) is 6.24. The van der Waals surface area contributed by atoms with Gasteiger partial charge in [-0.3, -0.25) is 14.9 Å². The quantitative estimate of drug-likeness (QED) is 0.659. The molecule has 0 aromatic heterocycles. The number of aliphatic carboxylic acids is 1. The van der Waals surface area contributed by atoms with Crippen LogP contribution < -0.4 is 0 Å². The van der Waals surface area contributed by atoms with Crippen LogP contribution in [-0.4, -0.2) is 39.4 Å². The van der Waals surface area contributed by atoms with Crippen molar-refractivity contribution in [1.82, 2.24) is 4.90 Å². The Bertz CT molecular complexity index is 540. The molecule has 1 N–H and O–H groups in total. The van der Waals surface area contributed by atoms with E-state index in [0.717, 1.165) is 0 Å². The van der Waals surface area contributed by atoms with Crippen molar-refractivity contribution >= 4 is 17.6 Å². The van der Waals surface area contributed by atoms with E-state index >= 15 is 0 Å². The minimum absolute atomic E-state index is 0.0363. The van der Waals surface area contributed by atoms with Crippen LogP contribution in [0.15, 0.2) is 24.3 Å². The van der Waals surface area contributed by atoms with Gasteiger partial charge in [-0.05, 0) is 18.4 Å². The third kappa shape index (κ3) is 2.93. The van der Waals surface area contributed by atoms with Crippen molar-refractivity contribution in [3.8, 4) is 0 Å². The Morgan fingerprint density at radius 1 is 1.35 bits per heavy atom. The fraction of sp³-hybridized carbons (Fsp3) is 0.385. The topological polar surface area (TPSA) is 101 Å². The van der Waals surface area contributed by atoms with E-state index in [2.05, 4.69) is 0 Å². The van der Waals surface area contributed by atoms with Crippen molar-refractivity contribution in [2.75, 3.05) is 6.54 Å². The number of carboxylic acids is 1. The van der Waals surface area contributed by atoms with Gasteiger partial charge in [-0.25, -0.2) is 4.79 Å². The number of non-ortho nitro benzene ring substituents is 1. The third-order valence-electron chi connectivity index (χ3n) is 3.36. The molecule has 106 valence electrons. The van der Waals surface area contributed by atoms with Gasteiger partial charge in [0.25, 0.3) is 5.69 Å². The summed E-state index contributed by atoms with van der Waals surface area (Å²) in [5, 5.41) is 19.6. The largest absolute Gasteiger partial charge is 0.480 e. The number of carboxylic acid groups (broad SMARTS) is 1. The summed E-state index contributed by atoms with van der Waals surface area (Å²) in [5.41, 5.74) is 0.599. The lowest BCUT2D eigenvalue weighted by atomic mass is 10.1. The van der Waals surface area contributed by atoms with Gasteiger partial charge in [0.15, 0.2) is 0 Å². The van der Waals surface area contributed by atoms with Crippen molar-refractivity contribution in [3.63, 3.8) is 0 Å². The molecule has 0 radical (unpaired) electrons. The highest BCUT2D eigenvalue weighted by Gasteiger charge is 2.33. The van der Waals surface area contributed by atoms with E-state index in [-0.39, 0.29) is 18.0 Å². The first-order chi connectivity index (χ1) is 9.49. The molecule has 0 saturated carbocycles. The molecule has 1 amide bonds. The molecule has 0 unspecified atom stereocenters. The molecule has 7 nitrogen and oxygen atoms in total.